The van der Waals surface area contributed by atoms with E-state index in [2.05, 4.69) is 10.3 Å². The van der Waals surface area contributed by atoms with E-state index >= 15 is 0 Å². The Balaban J connectivity index is 1.93. The highest BCUT2D eigenvalue weighted by molar-refractivity contribution is 7.12. The molecule has 0 saturated carbocycles. The van der Waals surface area contributed by atoms with E-state index in [1.54, 1.807) is 17.5 Å². The number of hydrogen-bond donors (Lipinski definition) is 1. The molecule has 0 saturated heterocycles. The van der Waals surface area contributed by atoms with Crippen LogP contribution in [0, 0.1) is 13.8 Å². The maximum absolute atomic E-state index is 12.7. The van der Waals surface area contributed by atoms with Crippen molar-refractivity contribution in [2.45, 2.75) is 19.9 Å². The predicted molar refractivity (Wildman–Crippen MR) is 93.8 cm³/mol. The summed E-state index contributed by atoms with van der Waals surface area (Å²) < 4.78 is 0. The van der Waals surface area contributed by atoms with Crippen molar-refractivity contribution in [1.29, 1.82) is 0 Å². The zero-order valence-corrected chi connectivity index (χ0v) is 13.9. The van der Waals surface area contributed by atoms with Crippen molar-refractivity contribution in [1.82, 2.24) is 10.3 Å². The standard InChI is InChI=1S/C19H18N2OS/c1-13-12-16(14(2)23-13)19(22)21-18(15-8-4-3-5-9-15)17-10-6-7-11-20-17/h3-12,18H,1-2H3,(H,21,22). The molecule has 2 heterocycles. The number of carbonyl (C=O) groups excluding carboxylic acids is 1. The van der Waals surface area contributed by atoms with E-state index in [0.29, 0.717) is 0 Å². The van der Waals surface area contributed by atoms with Gasteiger partial charge in [0.05, 0.1) is 17.3 Å². The third-order valence-electron chi connectivity index (χ3n) is 3.68. The third-order valence-corrected chi connectivity index (χ3v) is 4.64. The monoisotopic (exact) mass is 322 g/mol. The minimum absolute atomic E-state index is 0.0636. The van der Waals surface area contributed by atoms with Gasteiger partial charge in [-0.2, -0.15) is 0 Å². The van der Waals surface area contributed by atoms with Crippen LogP contribution in [-0.2, 0) is 0 Å². The normalized spacial score (nSPS) is 11.9. The number of amides is 1. The van der Waals surface area contributed by atoms with Crippen LogP contribution in [0.1, 0.15) is 37.4 Å². The molecule has 116 valence electrons. The summed E-state index contributed by atoms with van der Waals surface area (Å²) in [5.41, 5.74) is 2.59. The fourth-order valence-corrected chi connectivity index (χ4v) is 3.51. The van der Waals surface area contributed by atoms with E-state index in [1.165, 1.54) is 0 Å². The molecular weight excluding hydrogens is 304 g/mol. The highest BCUT2D eigenvalue weighted by Crippen LogP contribution is 2.24. The van der Waals surface area contributed by atoms with Crippen molar-refractivity contribution in [2.75, 3.05) is 0 Å². The van der Waals surface area contributed by atoms with Crippen LogP contribution in [0.25, 0.3) is 0 Å². The van der Waals surface area contributed by atoms with Gasteiger partial charge in [0.25, 0.3) is 5.91 Å². The number of hydrogen-bond acceptors (Lipinski definition) is 3. The number of nitrogens with one attached hydrogen (secondary N) is 1. The Kier molecular flexibility index (Phi) is 4.53. The van der Waals surface area contributed by atoms with E-state index in [0.717, 1.165) is 26.6 Å². The average molecular weight is 322 g/mol. The Bertz CT molecular complexity index is 757. The lowest BCUT2D eigenvalue weighted by atomic mass is 10.0. The molecule has 3 nitrogen and oxygen atoms in total. The molecule has 0 aliphatic rings. The molecule has 2 aromatic heterocycles. The average Bonchev–Trinajstić information content (AvgIpc) is 2.92. The maximum Gasteiger partial charge on any atom is 0.253 e. The fraction of sp³-hybridized carbons (Fsp3) is 0.158. The van der Waals surface area contributed by atoms with Crippen LogP contribution in [0.5, 0.6) is 0 Å². The number of rotatable bonds is 4. The molecule has 0 bridgehead atoms. The molecule has 0 spiro atoms. The summed E-state index contributed by atoms with van der Waals surface area (Å²) in [6.07, 6.45) is 1.75. The molecule has 4 heteroatoms. The number of pyridine rings is 1. The number of nitrogens with zero attached hydrogens (tertiary/aromatic N) is 1. The van der Waals surface area contributed by atoms with Gasteiger partial charge in [0.15, 0.2) is 0 Å². The molecule has 1 N–H and O–H groups in total. The van der Waals surface area contributed by atoms with Gasteiger partial charge in [-0.05, 0) is 37.6 Å². The van der Waals surface area contributed by atoms with Crippen LogP contribution in [0.3, 0.4) is 0 Å². The van der Waals surface area contributed by atoms with Gasteiger partial charge >= 0.3 is 0 Å². The highest BCUT2D eigenvalue weighted by atomic mass is 32.1. The number of carbonyl (C=O) groups is 1. The van der Waals surface area contributed by atoms with Crippen LogP contribution in [0.15, 0.2) is 60.8 Å². The van der Waals surface area contributed by atoms with Gasteiger partial charge in [0.2, 0.25) is 0 Å². The van der Waals surface area contributed by atoms with Gasteiger partial charge in [-0.25, -0.2) is 0 Å². The summed E-state index contributed by atoms with van der Waals surface area (Å²) in [4.78, 5) is 19.3. The summed E-state index contributed by atoms with van der Waals surface area (Å²) in [6.45, 7) is 3.99. The maximum atomic E-state index is 12.7. The first-order valence-electron chi connectivity index (χ1n) is 7.49. The second kappa shape index (κ2) is 6.75. The highest BCUT2D eigenvalue weighted by Gasteiger charge is 2.20. The number of aromatic nitrogens is 1. The van der Waals surface area contributed by atoms with Crippen LogP contribution in [0.2, 0.25) is 0 Å². The SMILES string of the molecule is Cc1cc(C(=O)NC(c2ccccc2)c2ccccn2)c(C)s1. The Hall–Kier alpha value is -2.46. The Morgan fingerprint density at radius 1 is 1.09 bits per heavy atom. The molecule has 0 radical (unpaired) electrons. The van der Waals surface area contributed by atoms with Crippen molar-refractivity contribution >= 4 is 17.2 Å². The smallest absolute Gasteiger partial charge is 0.253 e. The molecule has 3 aromatic rings. The number of benzene rings is 1. The van der Waals surface area contributed by atoms with Crippen LogP contribution < -0.4 is 5.32 Å². The van der Waals surface area contributed by atoms with Crippen LogP contribution in [-0.4, -0.2) is 10.9 Å². The first-order valence-corrected chi connectivity index (χ1v) is 8.30. The Labute approximate surface area is 140 Å². The fourth-order valence-electron chi connectivity index (χ4n) is 2.59. The first-order chi connectivity index (χ1) is 11.1. The third kappa shape index (κ3) is 3.48. The van der Waals surface area contributed by atoms with Crippen molar-refractivity contribution in [3.8, 4) is 0 Å². The molecule has 3 rings (SSSR count). The summed E-state index contributed by atoms with van der Waals surface area (Å²) in [5.74, 6) is -0.0636. The molecule has 1 amide bonds. The lowest BCUT2D eigenvalue weighted by molar-refractivity contribution is 0.0942. The first kappa shape index (κ1) is 15.4. The zero-order chi connectivity index (χ0) is 16.2. The second-order valence-corrected chi connectivity index (χ2v) is 6.86. The summed E-state index contributed by atoms with van der Waals surface area (Å²) in [5, 5.41) is 3.13. The van der Waals surface area contributed by atoms with Crippen LogP contribution >= 0.6 is 11.3 Å². The summed E-state index contributed by atoms with van der Waals surface area (Å²) in [6, 6.07) is 17.3. The zero-order valence-electron chi connectivity index (χ0n) is 13.1. The summed E-state index contributed by atoms with van der Waals surface area (Å²) >= 11 is 1.64. The lowest BCUT2D eigenvalue weighted by Crippen LogP contribution is -2.30. The molecule has 23 heavy (non-hydrogen) atoms. The Morgan fingerprint density at radius 2 is 1.83 bits per heavy atom. The van der Waals surface area contributed by atoms with Crippen molar-refractivity contribution in [3.05, 3.63) is 87.4 Å². The quantitative estimate of drug-likeness (QED) is 0.779. The van der Waals surface area contributed by atoms with Crippen LogP contribution in [0.4, 0.5) is 0 Å². The van der Waals surface area contributed by atoms with Gasteiger partial charge in [-0.15, -0.1) is 11.3 Å². The second-order valence-electron chi connectivity index (χ2n) is 5.40. The molecule has 0 aliphatic carbocycles. The van der Waals surface area contributed by atoms with E-state index < -0.39 is 0 Å². The van der Waals surface area contributed by atoms with Crippen molar-refractivity contribution < 1.29 is 4.79 Å². The Morgan fingerprint density at radius 3 is 2.43 bits per heavy atom. The molecule has 1 aromatic carbocycles. The van der Waals surface area contributed by atoms with Gasteiger partial charge in [-0.3, -0.25) is 9.78 Å². The van der Waals surface area contributed by atoms with E-state index in [-0.39, 0.29) is 11.9 Å². The molecule has 0 aliphatic heterocycles. The van der Waals surface area contributed by atoms with Gasteiger partial charge in [-0.1, -0.05) is 36.4 Å². The van der Waals surface area contributed by atoms with E-state index in [1.807, 2.05) is 68.4 Å². The van der Waals surface area contributed by atoms with E-state index in [9.17, 15) is 4.79 Å². The number of thiophene rings is 1. The topological polar surface area (TPSA) is 42.0 Å². The summed E-state index contributed by atoms with van der Waals surface area (Å²) in [7, 11) is 0. The predicted octanol–water partition coefficient (Wildman–Crippen LogP) is 4.28. The minimum atomic E-state index is -0.260. The van der Waals surface area contributed by atoms with Gasteiger partial charge < -0.3 is 5.32 Å². The molecule has 0 fully saturated rings. The van der Waals surface area contributed by atoms with E-state index in [4.69, 9.17) is 0 Å². The lowest BCUT2D eigenvalue weighted by Gasteiger charge is -2.19. The van der Waals surface area contributed by atoms with Gasteiger partial charge in [0, 0.05) is 16.0 Å². The largest absolute Gasteiger partial charge is 0.340 e. The molecular formula is C19H18N2OS. The van der Waals surface area contributed by atoms with Crippen molar-refractivity contribution in [2.24, 2.45) is 0 Å². The minimum Gasteiger partial charge on any atom is -0.340 e. The van der Waals surface area contributed by atoms with Gasteiger partial charge in [0.1, 0.15) is 0 Å². The molecule has 1 unspecified atom stereocenters. The number of aryl methyl sites for hydroxylation is 2. The van der Waals surface area contributed by atoms with Crippen molar-refractivity contribution in [3.63, 3.8) is 0 Å². The molecule has 1 atom stereocenters.